The van der Waals surface area contributed by atoms with Crippen molar-refractivity contribution in [3.63, 3.8) is 0 Å². The lowest BCUT2D eigenvalue weighted by Crippen LogP contribution is -2.33. The molecule has 1 heterocycles. The Morgan fingerprint density at radius 2 is 1.70 bits per heavy atom. The molecule has 1 aromatic heterocycles. The van der Waals surface area contributed by atoms with Gasteiger partial charge in [-0.2, -0.15) is 0 Å². The summed E-state index contributed by atoms with van der Waals surface area (Å²) in [5, 5.41) is 5.96. The zero-order valence-corrected chi connectivity index (χ0v) is 19.7. The number of pyridine rings is 1. The first-order chi connectivity index (χ1) is 15.1. The smallest absolute Gasteiger partial charge is 0.255 e. The van der Waals surface area contributed by atoms with Gasteiger partial charge in [0, 0.05) is 36.1 Å². The number of carbonyl (C=O) groups excluding carboxylic acids is 2. The lowest BCUT2D eigenvalue weighted by molar-refractivity contribution is -0.122. The number of amides is 2. The van der Waals surface area contributed by atoms with Gasteiger partial charge in [-0.1, -0.05) is 36.4 Å². The molecule has 0 aliphatic heterocycles. The molecule has 0 saturated carbocycles. The van der Waals surface area contributed by atoms with Crippen molar-refractivity contribution in [1.29, 1.82) is 0 Å². The number of benzene rings is 2. The molecule has 0 saturated heterocycles. The van der Waals surface area contributed by atoms with Gasteiger partial charge in [-0.05, 0) is 60.2 Å². The molecule has 0 radical (unpaired) electrons. The molecule has 2 amide bonds. The average molecular weight is 487 g/mol. The number of halogens is 2. The quantitative estimate of drug-likeness (QED) is 0.467. The minimum Gasteiger partial charge on any atom is -0.349 e. The normalized spacial score (nSPS) is 15.1. The summed E-state index contributed by atoms with van der Waals surface area (Å²) < 4.78 is 0. The molecular weight excluding hydrogens is 459 g/mol. The Morgan fingerprint density at radius 3 is 2.42 bits per heavy atom. The highest BCUT2D eigenvalue weighted by Crippen LogP contribution is 2.29. The summed E-state index contributed by atoms with van der Waals surface area (Å²) in [6.07, 6.45) is 6.50. The van der Waals surface area contributed by atoms with Crippen LogP contribution in [0, 0.1) is 0 Å². The maximum atomic E-state index is 12.6. The second-order valence-electron chi connectivity index (χ2n) is 7.83. The van der Waals surface area contributed by atoms with E-state index in [9.17, 15) is 9.59 Å². The number of nitrogens with zero attached hydrogens (tertiary/aromatic N) is 1. The molecule has 2 aromatic carbocycles. The molecule has 6 nitrogen and oxygen atoms in total. The molecule has 2 atom stereocenters. The van der Waals surface area contributed by atoms with E-state index < -0.39 is 6.04 Å². The van der Waals surface area contributed by atoms with Crippen LogP contribution < -0.4 is 16.4 Å². The topological polar surface area (TPSA) is 97.1 Å². The lowest BCUT2D eigenvalue weighted by Gasteiger charge is -2.27. The van der Waals surface area contributed by atoms with Gasteiger partial charge in [-0.25, -0.2) is 0 Å². The van der Waals surface area contributed by atoms with Gasteiger partial charge in [-0.3, -0.25) is 14.6 Å². The third-order valence-corrected chi connectivity index (χ3v) is 5.65. The third kappa shape index (κ3) is 6.78. The Bertz CT molecular complexity index is 1060. The summed E-state index contributed by atoms with van der Waals surface area (Å²) in [6.45, 7) is 0. The van der Waals surface area contributed by atoms with E-state index in [1.807, 2.05) is 12.1 Å². The highest BCUT2D eigenvalue weighted by Gasteiger charge is 2.22. The number of aromatic nitrogens is 1. The van der Waals surface area contributed by atoms with Gasteiger partial charge in [0.05, 0.1) is 6.04 Å². The Balaban J connectivity index is 0.00000193. The zero-order chi connectivity index (χ0) is 21.6. The van der Waals surface area contributed by atoms with E-state index in [1.165, 1.54) is 11.1 Å². The molecule has 0 fully saturated rings. The highest BCUT2D eigenvalue weighted by molar-refractivity contribution is 6.04. The maximum absolute atomic E-state index is 12.6. The van der Waals surface area contributed by atoms with E-state index in [2.05, 4.69) is 27.8 Å². The van der Waals surface area contributed by atoms with E-state index in [-0.39, 0.29) is 49.1 Å². The largest absolute Gasteiger partial charge is 0.349 e. The van der Waals surface area contributed by atoms with E-state index in [1.54, 1.807) is 48.8 Å². The summed E-state index contributed by atoms with van der Waals surface area (Å²) in [6, 6.07) is 18.4. The fraction of sp³-hybridized carbons (Fsp3) is 0.240. The third-order valence-electron chi connectivity index (χ3n) is 5.65. The van der Waals surface area contributed by atoms with Crippen LogP contribution in [0.1, 0.15) is 58.4 Å². The van der Waals surface area contributed by atoms with Crippen molar-refractivity contribution in [2.75, 3.05) is 5.32 Å². The molecule has 0 spiro atoms. The SMILES string of the molecule is Cl.Cl.N[C@H](CC(=O)N[C@H]1CCCc2ccccc21)c1ccc(C(=O)Nc2ccncc2)cc1. The standard InChI is InChI=1S/C25H26N4O2.2ClH/c26-22(16-24(30)29-23-7-3-5-17-4-1-2-6-21(17)23)18-8-10-19(11-9-18)25(31)28-20-12-14-27-15-13-20;;/h1-2,4,6,8-15,22-23H,3,5,7,16,26H2,(H,29,30)(H,27,28,31);2*1H/t22-,23+;;/m1../s1. The Morgan fingerprint density at radius 1 is 1.00 bits per heavy atom. The molecule has 33 heavy (non-hydrogen) atoms. The number of nitrogens with two attached hydrogens (primary N) is 1. The highest BCUT2D eigenvalue weighted by atomic mass is 35.5. The number of fused-ring (bicyclic) bond motifs is 1. The molecule has 0 bridgehead atoms. The molecule has 0 unspecified atom stereocenters. The molecule has 174 valence electrons. The van der Waals surface area contributed by atoms with Gasteiger partial charge in [0.2, 0.25) is 5.91 Å². The fourth-order valence-corrected chi connectivity index (χ4v) is 3.99. The monoisotopic (exact) mass is 486 g/mol. The molecule has 1 aliphatic rings. The molecular formula is C25H28Cl2N4O2. The zero-order valence-electron chi connectivity index (χ0n) is 18.1. The molecule has 4 N–H and O–H groups in total. The lowest BCUT2D eigenvalue weighted by atomic mass is 9.87. The van der Waals surface area contributed by atoms with Gasteiger partial charge in [0.25, 0.3) is 5.91 Å². The van der Waals surface area contributed by atoms with Crippen molar-refractivity contribution in [3.8, 4) is 0 Å². The summed E-state index contributed by atoms with van der Waals surface area (Å²) >= 11 is 0. The van der Waals surface area contributed by atoms with Crippen LogP contribution in [0.3, 0.4) is 0 Å². The number of hydrogen-bond donors (Lipinski definition) is 3. The average Bonchev–Trinajstić information content (AvgIpc) is 2.80. The van der Waals surface area contributed by atoms with Crippen LogP contribution in [-0.4, -0.2) is 16.8 Å². The van der Waals surface area contributed by atoms with Crippen LogP contribution in [-0.2, 0) is 11.2 Å². The van der Waals surface area contributed by atoms with E-state index in [4.69, 9.17) is 5.73 Å². The van der Waals surface area contributed by atoms with Gasteiger partial charge in [0.1, 0.15) is 0 Å². The van der Waals surface area contributed by atoms with E-state index in [0.717, 1.165) is 24.8 Å². The number of nitrogens with one attached hydrogen (secondary N) is 2. The second kappa shape index (κ2) is 12.3. The minimum absolute atomic E-state index is 0. The van der Waals surface area contributed by atoms with Crippen LogP contribution in [0.4, 0.5) is 5.69 Å². The van der Waals surface area contributed by atoms with Crippen molar-refractivity contribution < 1.29 is 9.59 Å². The summed E-state index contributed by atoms with van der Waals surface area (Å²) in [5.41, 5.74) is 10.8. The van der Waals surface area contributed by atoms with Crippen molar-refractivity contribution in [3.05, 3.63) is 95.3 Å². The molecule has 3 aromatic rings. The Labute approximate surface area is 206 Å². The number of aryl methyl sites for hydroxylation is 1. The van der Waals surface area contributed by atoms with Gasteiger partial charge in [0.15, 0.2) is 0 Å². The molecule has 8 heteroatoms. The summed E-state index contributed by atoms with van der Waals surface area (Å²) in [5.74, 6) is -0.270. The van der Waals surface area contributed by atoms with Crippen LogP contribution in [0.5, 0.6) is 0 Å². The van der Waals surface area contributed by atoms with Crippen molar-refractivity contribution in [2.45, 2.75) is 37.8 Å². The van der Waals surface area contributed by atoms with E-state index in [0.29, 0.717) is 11.3 Å². The van der Waals surface area contributed by atoms with E-state index >= 15 is 0 Å². The Hall–Kier alpha value is -2.93. The maximum Gasteiger partial charge on any atom is 0.255 e. The fourth-order valence-electron chi connectivity index (χ4n) is 3.99. The Kier molecular flexibility index (Phi) is 9.85. The number of hydrogen-bond acceptors (Lipinski definition) is 4. The van der Waals surface area contributed by atoms with Crippen LogP contribution in [0.2, 0.25) is 0 Å². The first kappa shape index (κ1) is 26.3. The minimum atomic E-state index is -0.434. The van der Waals surface area contributed by atoms with Crippen molar-refractivity contribution >= 4 is 42.3 Å². The number of rotatable bonds is 6. The first-order valence-electron chi connectivity index (χ1n) is 10.5. The molecule has 4 rings (SSSR count). The molecule has 1 aliphatic carbocycles. The number of carbonyl (C=O) groups is 2. The van der Waals surface area contributed by atoms with Crippen molar-refractivity contribution in [1.82, 2.24) is 10.3 Å². The van der Waals surface area contributed by atoms with Gasteiger partial charge >= 0.3 is 0 Å². The number of anilines is 1. The van der Waals surface area contributed by atoms with Crippen LogP contribution in [0.15, 0.2) is 73.1 Å². The summed E-state index contributed by atoms with van der Waals surface area (Å²) in [4.78, 5) is 28.9. The van der Waals surface area contributed by atoms with Crippen LogP contribution in [0.25, 0.3) is 0 Å². The first-order valence-corrected chi connectivity index (χ1v) is 10.5. The second-order valence-corrected chi connectivity index (χ2v) is 7.83. The van der Waals surface area contributed by atoms with Crippen LogP contribution >= 0.6 is 24.8 Å². The van der Waals surface area contributed by atoms with Gasteiger partial charge in [-0.15, -0.1) is 24.8 Å². The van der Waals surface area contributed by atoms with Gasteiger partial charge < -0.3 is 16.4 Å². The van der Waals surface area contributed by atoms with Crippen molar-refractivity contribution in [2.24, 2.45) is 5.73 Å². The predicted octanol–water partition coefficient (Wildman–Crippen LogP) is 4.76. The predicted molar refractivity (Wildman–Crippen MR) is 135 cm³/mol. The summed E-state index contributed by atoms with van der Waals surface area (Å²) in [7, 11) is 0.